The highest BCUT2D eigenvalue weighted by Crippen LogP contribution is 2.39. The first kappa shape index (κ1) is 20.3. The molecule has 1 saturated heterocycles. The van der Waals surface area contributed by atoms with Gasteiger partial charge in [-0.3, -0.25) is 0 Å². The molecule has 2 heterocycles. The molecule has 148 valence electrons. The summed E-state index contributed by atoms with van der Waals surface area (Å²) in [4.78, 5) is 6.18. The first-order valence-corrected chi connectivity index (χ1v) is 12.9. The fourth-order valence-electron chi connectivity index (χ4n) is 3.47. The molecule has 9 heteroatoms. The highest BCUT2D eigenvalue weighted by atomic mass is 32.2. The minimum absolute atomic E-state index is 0.123. The second kappa shape index (κ2) is 7.18. The van der Waals surface area contributed by atoms with E-state index >= 15 is 0 Å². The van der Waals surface area contributed by atoms with Crippen molar-refractivity contribution in [2.24, 2.45) is 11.8 Å². The Hall–Kier alpha value is -1.45. The lowest BCUT2D eigenvalue weighted by Crippen LogP contribution is -2.38. The van der Waals surface area contributed by atoms with Gasteiger partial charge in [-0.1, -0.05) is 42.9 Å². The summed E-state index contributed by atoms with van der Waals surface area (Å²) in [7, 11) is -7.52. The Morgan fingerprint density at radius 1 is 1.04 bits per heavy atom. The number of nitrogens with zero attached hydrogens (tertiary/aromatic N) is 2. The number of benzene rings is 1. The molecule has 2 aromatic rings. The van der Waals surface area contributed by atoms with Gasteiger partial charge in [0, 0.05) is 19.3 Å². The minimum Gasteiger partial charge on any atom is -0.360 e. The van der Waals surface area contributed by atoms with Crippen LogP contribution in [0.3, 0.4) is 0 Å². The van der Waals surface area contributed by atoms with Gasteiger partial charge in [0.05, 0.1) is 4.90 Å². The Labute approximate surface area is 165 Å². The Bertz CT molecular complexity index is 1030. The normalized spacial score (nSPS) is 21.4. The number of piperidine rings is 1. The number of hydrogen-bond donors (Lipinski definition) is 0. The quantitative estimate of drug-likeness (QED) is 0.744. The number of aryl methyl sites for hydroxylation is 1. The molecule has 0 spiro atoms. The average Bonchev–Trinajstić information content (AvgIpc) is 3.00. The molecule has 0 radical (unpaired) electrons. The first-order valence-electron chi connectivity index (χ1n) is 8.76. The lowest BCUT2D eigenvalue weighted by atomic mass is 9.92. The number of hydrogen-bond acceptors (Lipinski definition) is 7. The Morgan fingerprint density at radius 3 is 2.11 bits per heavy atom. The van der Waals surface area contributed by atoms with Crippen LogP contribution in [0.15, 0.2) is 38.5 Å². The third-order valence-electron chi connectivity index (χ3n) is 4.62. The van der Waals surface area contributed by atoms with Crippen molar-refractivity contribution >= 4 is 36.0 Å². The van der Waals surface area contributed by atoms with E-state index in [2.05, 4.69) is 18.8 Å². The van der Waals surface area contributed by atoms with E-state index in [4.69, 9.17) is 0 Å². The molecule has 0 N–H and O–H groups in total. The standard InChI is InChI=1S/C18H24N2O4S3/c1-12-5-7-15(8-6-12)27(23,24)16-17(25-18(19-16)26(4,21)22)20-10-13(2)9-14(3)11-20/h5-8,13-14H,9-11H2,1-4H3/t13-,14-/m0/s1. The monoisotopic (exact) mass is 428 g/mol. The maximum Gasteiger partial charge on any atom is 0.226 e. The van der Waals surface area contributed by atoms with Crippen molar-refractivity contribution in [2.45, 2.75) is 41.5 Å². The molecular formula is C18H24N2O4S3. The molecule has 1 aliphatic rings. The van der Waals surface area contributed by atoms with Gasteiger partial charge in [-0.2, -0.15) is 0 Å². The molecule has 3 rings (SSSR count). The molecule has 1 aromatic carbocycles. The number of anilines is 1. The van der Waals surface area contributed by atoms with E-state index in [1.807, 2.05) is 11.8 Å². The van der Waals surface area contributed by atoms with Gasteiger partial charge in [0.2, 0.25) is 24.0 Å². The van der Waals surface area contributed by atoms with Crippen LogP contribution >= 0.6 is 11.3 Å². The fraction of sp³-hybridized carbons (Fsp3) is 0.500. The number of rotatable bonds is 4. The molecule has 1 aromatic heterocycles. The van der Waals surface area contributed by atoms with Gasteiger partial charge in [0.15, 0.2) is 5.03 Å². The number of thiazole rings is 1. The lowest BCUT2D eigenvalue weighted by Gasteiger charge is -2.35. The number of sulfone groups is 2. The maximum absolute atomic E-state index is 13.2. The average molecular weight is 429 g/mol. The van der Waals surface area contributed by atoms with E-state index in [1.54, 1.807) is 12.1 Å². The summed E-state index contributed by atoms with van der Waals surface area (Å²) < 4.78 is 50.4. The first-order chi connectivity index (χ1) is 12.5. The Morgan fingerprint density at radius 2 is 1.59 bits per heavy atom. The van der Waals surface area contributed by atoms with Gasteiger partial charge < -0.3 is 4.90 Å². The van der Waals surface area contributed by atoms with Crippen LogP contribution in [0.25, 0.3) is 0 Å². The van der Waals surface area contributed by atoms with Gasteiger partial charge >= 0.3 is 0 Å². The van der Waals surface area contributed by atoms with Crippen molar-refractivity contribution in [3.8, 4) is 0 Å². The van der Waals surface area contributed by atoms with Crippen molar-refractivity contribution in [1.82, 2.24) is 4.98 Å². The van der Waals surface area contributed by atoms with Crippen molar-refractivity contribution in [2.75, 3.05) is 24.2 Å². The number of aromatic nitrogens is 1. The van der Waals surface area contributed by atoms with Gasteiger partial charge in [-0.15, -0.1) is 0 Å². The van der Waals surface area contributed by atoms with Crippen LogP contribution in [0.2, 0.25) is 0 Å². The predicted octanol–water partition coefficient (Wildman–Crippen LogP) is 3.17. The van der Waals surface area contributed by atoms with Crippen molar-refractivity contribution in [3.63, 3.8) is 0 Å². The van der Waals surface area contributed by atoms with Crippen molar-refractivity contribution in [3.05, 3.63) is 29.8 Å². The zero-order valence-corrected chi connectivity index (χ0v) is 18.3. The summed E-state index contributed by atoms with van der Waals surface area (Å²) in [6.45, 7) is 7.49. The largest absolute Gasteiger partial charge is 0.360 e. The third-order valence-corrected chi connectivity index (χ3v) is 9.23. The van der Waals surface area contributed by atoms with Crippen LogP contribution in [-0.2, 0) is 19.7 Å². The van der Waals surface area contributed by atoms with Crippen LogP contribution in [-0.4, -0.2) is 41.2 Å². The molecule has 1 aliphatic heterocycles. The molecule has 1 fully saturated rings. The van der Waals surface area contributed by atoms with Crippen molar-refractivity contribution < 1.29 is 16.8 Å². The third kappa shape index (κ3) is 4.20. The summed E-state index contributed by atoms with van der Waals surface area (Å²) in [6.07, 6.45) is 2.12. The molecule has 0 bridgehead atoms. The van der Waals surface area contributed by atoms with Crippen LogP contribution in [0.5, 0.6) is 0 Å². The smallest absolute Gasteiger partial charge is 0.226 e. The minimum atomic E-state index is -3.92. The van der Waals surface area contributed by atoms with Crippen LogP contribution in [0.4, 0.5) is 5.00 Å². The van der Waals surface area contributed by atoms with Gasteiger partial charge in [0.1, 0.15) is 5.00 Å². The van der Waals surface area contributed by atoms with E-state index in [0.29, 0.717) is 29.9 Å². The van der Waals surface area contributed by atoms with Gasteiger partial charge in [-0.25, -0.2) is 21.8 Å². The maximum atomic E-state index is 13.2. The molecule has 0 saturated carbocycles. The van der Waals surface area contributed by atoms with Gasteiger partial charge in [-0.05, 0) is 37.3 Å². The molecule has 0 aliphatic carbocycles. The summed E-state index contributed by atoms with van der Waals surface area (Å²) in [5, 5.41) is 0.271. The van der Waals surface area contributed by atoms with Crippen molar-refractivity contribution in [1.29, 1.82) is 0 Å². The molecule has 2 atom stereocenters. The lowest BCUT2D eigenvalue weighted by molar-refractivity contribution is 0.357. The predicted molar refractivity (Wildman–Crippen MR) is 107 cm³/mol. The fourth-order valence-corrected chi connectivity index (χ4v) is 7.14. The van der Waals surface area contributed by atoms with E-state index < -0.39 is 19.7 Å². The van der Waals surface area contributed by atoms with Crippen LogP contribution in [0, 0.1) is 18.8 Å². The zero-order chi connectivity index (χ0) is 20.0. The Kier molecular flexibility index (Phi) is 5.39. The summed E-state index contributed by atoms with van der Waals surface area (Å²) in [5.74, 6) is 0.792. The van der Waals surface area contributed by atoms with E-state index in [0.717, 1.165) is 29.6 Å². The second-order valence-corrected chi connectivity index (χ2v) is 12.6. The topological polar surface area (TPSA) is 84.4 Å². The zero-order valence-electron chi connectivity index (χ0n) is 15.8. The second-order valence-electron chi connectivity index (χ2n) is 7.53. The summed E-state index contributed by atoms with van der Waals surface area (Å²) in [6, 6.07) is 6.52. The SMILES string of the molecule is Cc1ccc(S(=O)(=O)c2nc(S(C)(=O)=O)sc2N2C[C@@H](C)C[C@H](C)C2)cc1. The van der Waals surface area contributed by atoms with E-state index in [1.165, 1.54) is 12.1 Å². The van der Waals surface area contributed by atoms with Crippen LogP contribution < -0.4 is 4.90 Å². The van der Waals surface area contributed by atoms with E-state index in [-0.39, 0.29) is 14.3 Å². The molecule has 0 amide bonds. The molecule has 0 unspecified atom stereocenters. The summed E-state index contributed by atoms with van der Waals surface area (Å²) in [5.41, 5.74) is 0.947. The van der Waals surface area contributed by atoms with Gasteiger partial charge in [0.25, 0.3) is 0 Å². The Balaban J connectivity index is 2.16. The highest BCUT2D eigenvalue weighted by Gasteiger charge is 2.34. The highest BCUT2D eigenvalue weighted by molar-refractivity contribution is 7.93. The molecule has 27 heavy (non-hydrogen) atoms. The van der Waals surface area contributed by atoms with E-state index in [9.17, 15) is 16.8 Å². The summed E-state index contributed by atoms with van der Waals surface area (Å²) >= 11 is 0.949. The molecular weight excluding hydrogens is 404 g/mol. The van der Waals surface area contributed by atoms with Crippen LogP contribution in [0.1, 0.15) is 25.8 Å². The molecule has 6 nitrogen and oxygen atoms in total.